The Morgan fingerprint density at radius 1 is 0.875 bits per heavy atom. The van der Waals surface area contributed by atoms with Gasteiger partial charge >= 0.3 is 0 Å². The number of amides is 2. The first-order chi connectivity index (χ1) is 11.4. The lowest BCUT2D eigenvalue weighted by Crippen LogP contribution is -2.25. The van der Waals surface area contributed by atoms with Gasteiger partial charge in [0.25, 0.3) is 0 Å². The van der Waals surface area contributed by atoms with Crippen molar-refractivity contribution in [1.82, 2.24) is 0 Å². The van der Waals surface area contributed by atoms with Crippen LogP contribution in [0, 0.1) is 13.8 Å². The summed E-state index contributed by atoms with van der Waals surface area (Å²) in [6, 6.07) is 15.3. The maximum atomic E-state index is 12.1. The Morgan fingerprint density at radius 2 is 1.33 bits per heavy atom. The summed E-state index contributed by atoms with van der Waals surface area (Å²) in [6.45, 7) is 5.79. The van der Waals surface area contributed by atoms with E-state index in [2.05, 4.69) is 10.6 Å². The number of anilines is 2. The summed E-state index contributed by atoms with van der Waals surface area (Å²) in [7, 11) is 0. The fraction of sp³-hybridized carbons (Fsp3) is 0.263. The molecule has 2 rings (SSSR count). The zero-order valence-electron chi connectivity index (χ0n) is 14.1. The van der Waals surface area contributed by atoms with E-state index in [1.54, 1.807) is 6.92 Å². The molecule has 0 heterocycles. The minimum Gasteiger partial charge on any atom is -0.325 e. The fourth-order valence-electron chi connectivity index (χ4n) is 1.99. The number of aryl methyl sites for hydroxylation is 2. The van der Waals surface area contributed by atoms with E-state index < -0.39 is 0 Å². The van der Waals surface area contributed by atoms with E-state index in [0.717, 1.165) is 22.5 Å². The van der Waals surface area contributed by atoms with E-state index in [4.69, 9.17) is 0 Å². The molecule has 2 N–H and O–H groups in total. The first-order valence-electron chi connectivity index (χ1n) is 7.79. The highest BCUT2D eigenvalue weighted by molar-refractivity contribution is 8.01. The number of thioether (sulfide) groups is 1. The maximum Gasteiger partial charge on any atom is 0.237 e. The van der Waals surface area contributed by atoms with Gasteiger partial charge in [-0.25, -0.2) is 0 Å². The zero-order valence-corrected chi connectivity index (χ0v) is 14.9. The molecule has 0 aliphatic carbocycles. The van der Waals surface area contributed by atoms with E-state index in [0.29, 0.717) is 0 Å². The molecule has 0 radical (unpaired) electrons. The second-order valence-electron chi connectivity index (χ2n) is 5.72. The predicted octanol–water partition coefficient (Wildman–Crippen LogP) is 4.00. The van der Waals surface area contributed by atoms with Gasteiger partial charge in [0, 0.05) is 11.4 Å². The van der Waals surface area contributed by atoms with Gasteiger partial charge in [-0.15, -0.1) is 11.8 Å². The van der Waals surface area contributed by atoms with Crippen LogP contribution in [0.15, 0.2) is 48.5 Å². The molecule has 0 saturated heterocycles. The van der Waals surface area contributed by atoms with Crippen molar-refractivity contribution < 1.29 is 9.59 Å². The molecule has 24 heavy (non-hydrogen) atoms. The number of carbonyl (C=O) groups excluding carboxylic acids is 2. The minimum atomic E-state index is -0.310. The Hall–Kier alpha value is -2.27. The monoisotopic (exact) mass is 342 g/mol. The molecule has 5 heteroatoms. The van der Waals surface area contributed by atoms with E-state index in [1.165, 1.54) is 11.8 Å². The van der Waals surface area contributed by atoms with Crippen molar-refractivity contribution >= 4 is 35.0 Å². The molecule has 1 atom stereocenters. The van der Waals surface area contributed by atoms with E-state index >= 15 is 0 Å². The molecular weight excluding hydrogens is 320 g/mol. The number of carbonyl (C=O) groups is 2. The van der Waals surface area contributed by atoms with Gasteiger partial charge in [-0.2, -0.15) is 0 Å². The van der Waals surface area contributed by atoms with Crippen LogP contribution in [0.1, 0.15) is 18.1 Å². The summed E-state index contributed by atoms with van der Waals surface area (Å²) in [5.74, 6) is 0.0157. The van der Waals surface area contributed by atoms with Crippen LogP contribution >= 0.6 is 11.8 Å². The Bertz CT molecular complexity index is 696. The van der Waals surface area contributed by atoms with Crippen LogP contribution in [-0.2, 0) is 9.59 Å². The van der Waals surface area contributed by atoms with Gasteiger partial charge in [-0.3, -0.25) is 9.59 Å². The molecule has 2 aromatic rings. The summed E-state index contributed by atoms with van der Waals surface area (Å²) < 4.78 is 0. The fourth-order valence-corrected chi connectivity index (χ4v) is 2.67. The standard InChI is InChI=1S/C19H22N2O2S/c1-13-4-8-16(9-5-13)20-18(22)12-24-15(3)19(23)21-17-10-6-14(2)7-11-17/h4-11,15H,12H2,1-3H3,(H,20,22)(H,21,23)/t15-/m1/s1. The molecule has 0 fully saturated rings. The Kier molecular flexibility index (Phi) is 6.44. The van der Waals surface area contributed by atoms with Crippen molar-refractivity contribution in [3.8, 4) is 0 Å². The molecule has 0 bridgehead atoms. The molecule has 0 spiro atoms. The minimum absolute atomic E-state index is 0.105. The average molecular weight is 342 g/mol. The van der Waals surface area contributed by atoms with Gasteiger partial charge in [-0.1, -0.05) is 35.4 Å². The lowest BCUT2D eigenvalue weighted by atomic mass is 10.2. The van der Waals surface area contributed by atoms with E-state index in [9.17, 15) is 9.59 Å². The highest BCUT2D eigenvalue weighted by Crippen LogP contribution is 2.16. The van der Waals surface area contributed by atoms with Crippen molar-refractivity contribution in [2.45, 2.75) is 26.0 Å². The summed E-state index contributed by atoms with van der Waals surface area (Å²) in [4.78, 5) is 24.1. The average Bonchev–Trinajstić information content (AvgIpc) is 2.57. The first kappa shape index (κ1) is 18.1. The largest absolute Gasteiger partial charge is 0.325 e. The third-order valence-corrected chi connectivity index (χ3v) is 4.63. The summed E-state index contributed by atoms with van der Waals surface area (Å²) in [5.41, 5.74) is 3.82. The van der Waals surface area contributed by atoms with Gasteiger partial charge < -0.3 is 10.6 Å². The molecule has 0 saturated carbocycles. The lowest BCUT2D eigenvalue weighted by Gasteiger charge is -2.12. The van der Waals surface area contributed by atoms with E-state index in [1.807, 2.05) is 62.4 Å². The molecular formula is C19H22N2O2S. The van der Waals surface area contributed by atoms with E-state index in [-0.39, 0.29) is 22.8 Å². The molecule has 0 aliphatic heterocycles. The van der Waals surface area contributed by atoms with Gasteiger partial charge in [0.15, 0.2) is 0 Å². The van der Waals surface area contributed by atoms with Crippen LogP contribution < -0.4 is 10.6 Å². The van der Waals surface area contributed by atoms with Crippen LogP contribution in [0.4, 0.5) is 11.4 Å². The van der Waals surface area contributed by atoms with Crippen LogP contribution in [0.25, 0.3) is 0 Å². The van der Waals surface area contributed by atoms with Crippen molar-refractivity contribution in [3.05, 3.63) is 59.7 Å². The predicted molar refractivity (Wildman–Crippen MR) is 102 cm³/mol. The van der Waals surface area contributed by atoms with Gasteiger partial charge in [0.2, 0.25) is 11.8 Å². The summed E-state index contributed by atoms with van der Waals surface area (Å²) >= 11 is 1.31. The Morgan fingerprint density at radius 3 is 1.83 bits per heavy atom. The highest BCUT2D eigenvalue weighted by Gasteiger charge is 2.15. The number of rotatable bonds is 6. The van der Waals surface area contributed by atoms with Crippen molar-refractivity contribution in [2.75, 3.05) is 16.4 Å². The second kappa shape index (κ2) is 8.55. The molecule has 2 amide bonds. The molecule has 0 aromatic heterocycles. The number of hydrogen-bond donors (Lipinski definition) is 2. The van der Waals surface area contributed by atoms with Crippen molar-refractivity contribution in [3.63, 3.8) is 0 Å². The molecule has 0 unspecified atom stereocenters. The zero-order chi connectivity index (χ0) is 17.5. The number of benzene rings is 2. The molecule has 4 nitrogen and oxygen atoms in total. The summed E-state index contributed by atoms with van der Waals surface area (Å²) in [6.07, 6.45) is 0. The quantitative estimate of drug-likeness (QED) is 0.834. The van der Waals surface area contributed by atoms with Gasteiger partial charge in [-0.05, 0) is 45.0 Å². The number of hydrogen-bond acceptors (Lipinski definition) is 3. The second-order valence-corrected chi connectivity index (χ2v) is 7.05. The highest BCUT2D eigenvalue weighted by atomic mass is 32.2. The van der Waals surface area contributed by atoms with Crippen molar-refractivity contribution in [1.29, 1.82) is 0 Å². The normalized spacial score (nSPS) is 11.6. The lowest BCUT2D eigenvalue weighted by molar-refractivity contribution is -0.115. The maximum absolute atomic E-state index is 12.1. The van der Waals surface area contributed by atoms with Crippen LogP contribution in [0.3, 0.4) is 0 Å². The smallest absolute Gasteiger partial charge is 0.237 e. The third-order valence-electron chi connectivity index (χ3n) is 3.49. The first-order valence-corrected chi connectivity index (χ1v) is 8.84. The van der Waals surface area contributed by atoms with Crippen LogP contribution in [0.2, 0.25) is 0 Å². The third kappa shape index (κ3) is 5.74. The molecule has 2 aromatic carbocycles. The number of nitrogens with one attached hydrogen (secondary N) is 2. The Labute approximate surface area is 147 Å². The van der Waals surface area contributed by atoms with Gasteiger partial charge in [0.1, 0.15) is 0 Å². The van der Waals surface area contributed by atoms with Crippen LogP contribution in [0.5, 0.6) is 0 Å². The van der Waals surface area contributed by atoms with Gasteiger partial charge in [0.05, 0.1) is 11.0 Å². The molecule has 0 aliphatic rings. The van der Waals surface area contributed by atoms with Crippen LogP contribution in [-0.4, -0.2) is 22.8 Å². The Balaban J connectivity index is 1.77. The summed E-state index contributed by atoms with van der Waals surface area (Å²) in [5, 5.41) is 5.37. The van der Waals surface area contributed by atoms with Crippen molar-refractivity contribution in [2.24, 2.45) is 0 Å². The topological polar surface area (TPSA) is 58.2 Å². The molecule has 126 valence electrons. The SMILES string of the molecule is Cc1ccc(NC(=O)CS[C@H](C)C(=O)Nc2ccc(C)cc2)cc1.